The molecule has 0 saturated carbocycles. The second-order valence-electron chi connectivity index (χ2n) is 6.33. The average molecular weight is 415 g/mol. The maximum atomic E-state index is 12.3. The van der Waals surface area contributed by atoms with Gasteiger partial charge in [-0.05, 0) is 43.2 Å². The SMILES string of the molecule is C=CC[N+]1(C)CCN(C(=O)Nc2cc(C)cc(C)c2)CC1.[I-]. The fourth-order valence-electron chi connectivity index (χ4n) is 2.89. The van der Waals surface area contributed by atoms with Crippen LogP contribution in [0.3, 0.4) is 0 Å². The summed E-state index contributed by atoms with van der Waals surface area (Å²) in [6.07, 6.45) is 1.96. The molecule has 5 heteroatoms. The number of nitrogens with one attached hydrogen (secondary N) is 1. The van der Waals surface area contributed by atoms with Gasteiger partial charge in [0.25, 0.3) is 0 Å². The number of benzene rings is 1. The molecule has 1 N–H and O–H groups in total. The van der Waals surface area contributed by atoms with Crippen LogP contribution >= 0.6 is 0 Å². The smallest absolute Gasteiger partial charge is 0.322 e. The summed E-state index contributed by atoms with van der Waals surface area (Å²) < 4.78 is 0.969. The molecule has 1 aromatic carbocycles. The number of amides is 2. The van der Waals surface area contributed by atoms with Crippen molar-refractivity contribution < 1.29 is 33.3 Å². The van der Waals surface area contributed by atoms with E-state index in [1.54, 1.807) is 0 Å². The number of carbonyl (C=O) groups is 1. The number of hydrogen-bond donors (Lipinski definition) is 1. The third-order valence-electron chi connectivity index (χ3n) is 4.15. The summed E-state index contributed by atoms with van der Waals surface area (Å²) >= 11 is 0. The van der Waals surface area contributed by atoms with E-state index < -0.39 is 0 Å². The van der Waals surface area contributed by atoms with E-state index in [1.165, 1.54) is 11.1 Å². The van der Waals surface area contributed by atoms with E-state index in [1.807, 2.05) is 37.0 Å². The molecule has 1 aromatic rings. The lowest BCUT2D eigenvalue weighted by atomic mass is 10.1. The van der Waals surface area contributed by atoms with E-state index in [0.717, 1.165) is 42.9 Å². The minimum atomic E-state index is 0. The minimum Gasteiger partial charge on any atom is -1.00 e. The van der Waals surface area contributed by atoms with Crippen molar-refractivity contribution in [3.8, 4) is 0 Å². The molecular formula is C17H26IN3O. The van der Waals surface area contributed by atoms with Crippen molar-refractivity contribution in [2.45, 2.75) is 13.8 Å². The number of carbonyl (C=O) groups excluding carboxylic acids is 1. The first-order valence-corrected chi connectivity index (χ1v) is 7.50. The van der Waals surface area contributed by atoms with Gasteiger partial charge in [0.15, 0.2) is 0 Å². The molecule has 1 saturated heterocycles. The van der Waals surface area contributed by atoms with Crippen molar-refractivity contribution >= 4 is 11.7 Å². The van der Waals surface area contributed by atoms with E-state index in [0.29, 0.717) is 0 Å². The molecule has 1 heterocycles. The number of urea groups is 1. The van der Waals surface area contributed by atoms with Crippen molar-refractivity contribution in [1.29, 1.82) is 0 Å². The highest BCUT2D eigenvalue weighted by Crippen LogP contribution is 2.16. The molecule has 0 aliphatic carbocycles. The highest BCUT2D eigenvalue weighted by atomic mass is 127. The van der Waals surface area contributed by atoms with Crippen LogP contribution < -0.4 is 29.3 Å². The van der Waals surface area contributed by atoms with Crippen LogP contribution in [0.15, 0.2) is 30.9 Å². The Balaban J connectivity index is 0.00000242. The zero-order valence-electron chi connectivity index (χ0n) is 13.7. The Kier molecular flexibility index (Phi) is 6.87. The number of halogens is 1. The number of piperazine rings is 1. The topological polar surface area (TPSA) is 32.3 Å². The lowest BCUT2D eigenvalue weighted by Crippen LogP contribution is -3.00. The number of likely N-dealkylation sites (N-methyl/N-ethyl adjacent to an activating group) is 1. The maximum absolute atomic E-state index is 12.3. The van der Waals surface area contributed by atoms with Crippen LogP contribution in [0.2, 0.25) is 0 Å². The number of anilines is 1. The predicted molar refractivity (Wildman–Crippen MR) is 87.5 cm³/mol. The summed E-state index contributed by atoms with van der Waals surface area (Å²) in [5.41, 5.74) is 3.21. The van der Waals surface area contributed by atoms with Gasteiger partial charge in [0.05, 0.1) is 39.8 Å². The molecule has 4 nitrogen and oxygen atoms in total. The van der Waals surface area contributed by atoms with Crippen molar-refractivity contribution in [1.82, 2.24) is 4.90 Å². The van der Waals surface area contributed by atoms with Crippen LogP contribution in [0.5, 0.6) is 0 Å². The molecule has 2 amide bonds. The first-order valence-electron chi connectivity index (χ1n) is 7.50. The van der Waals surface area contributed by atoms with Crippen LogP contribution in [0.25, 0.3) is 0 Å². The monoisotopic (exact) mass is 415 g/mol. The van der Waals surface area contributed by atoms with Crippen LogP contribution in [0.4, 0.5) is 10.5 Å². The van der Waals surface area contributed by atoms with Crippen molar-refractivity contribution in [2.24, 2.45) is 0 Å². The molecule has 0 radical (unpaired) electrons. The molecule has 2 rings (SSSR count). The summed E-state index contributed by atoms with van der Waals surface area (Å²) in [6, 6.07) is 6.12. The second kappa shape index (κ2) is 7.97. The van der Waals surface area contributed by atoms with Gasteiger partial charge in [0.1, 0.15) is 0 Å². The number of quaternary nitrogens is 1. The largest absolute Gasteiger partial charge is 1.00 e. The Bertz CT molecular complexity index is 516. The van der Waals surface area contributed by atoms with Gasteiger partial charge in [-0.3, -0.25) is 0 Å². The van der Waals surface area contributed by atoms with Gasteiger partial charge in [0, 0.05) is 5.69 Å². The van der Waals surface area contributed by atoms with Gasteiger partial charge in [-0.2, -0.15) is 0 Å². The zero-order valence-corrected chi connectivity index (χ0v) is 15.9. The van der Waals surface area contributed by atoms with Crippen LogP contribution in [0, 0.1) is 13.8 Å². The molecule has 1 aliphatic rings. The quantitative estimate of drug-likeness (QED) is 0.414. The third-order valence-corrected chi connectivity index (χ3v) is 4.15. The van der Waals surface area contributed by atoms with Gasteiger partial charge in [-0.15, -0.1) is 0 Å². The fourth-order valence-corrected chi connectivity index (χ4v) is 2.89. The number of hydrogen-bond acceptors (Lipinski definition) is 1. The number of nitrogens with zero attached hydrogens (tertiary/aromatic N) is 2. The second-order valence-corrected chi connectivity index (χ2v) is 6.33. The Morgan fingerprint density at radius 3 is 2.32 bits per heavy atom. The Morgan fingerprint density at radius 1 is 1.27 bits per heavy atom. The van der Waals surface area contributed by atoms with Gasteiger partial charge < -0.3 is 38.7 Å². The highest BCUT2D eigenvalue weighted by Gasteiger charge is 2.29. The van der Waals surface area contributed by atoms with E-state index in [4.69, 9.17) is 0 Å². The average Bonchev–Trinajstić information content (AvgIpc) is 2.38. The summed E-state index contributed by atoms with van der Waals surface area (Å²) in [4.78, 5) is 14.3. The number of rotatable bonds is 3. The molecule has 22 heavy (non-hydrogen) atoms. The molecule has 0 unspecified atom stereocenters. The van der Waals surface area contributed by atoms with Crippen molar-refractivity contribution in [2.75, 3.05) is 45.1 Å². The van der Waals surface area contributed by atoms with E-state index in [-0.39, 0.29) is 30.0 Å². The molecule has 0 aromatic heterocycles. The predicted octanol–water partition coefficient (Wildman–Crippen LogP) is -0.212. The lowest BCUT2D eigenvalue weighted by molar-refractivity contribution is -0.907. The van der Waals surface area contributed by atoms with E-state index in [2.05, 4.69) is 25.0 Å². The Morgan fingerprint density at radius 2 is 1.82 bits per heavy atom. The normalized spacial score (nSPS) is 16.6. The van der Waals surface area contributed by atoms with Gasteiger partial charge in [-0.1, -0.05) is 12.6 Å². The van der Waals surface area contributed by atoms with E-state index >= 15 is 0 Å². The summed E-state index contributed by atoms with van der Waals surface area (Å²) in [5, 5.41) is 3.01. The third kappa shape index (κ3) is 4.98. The molecule has 0 atom stereocenters. The van der Waals surface area contributed by atoms with Crippen molar-refractivity contribution in [3.63, 3.8) is 0 Å². The van der Waals surface area contributed by atoms with Gasteiger partial charge >= 0.3 is 6.03 Å². The zero-order chi connectivity index (χ0) is 15.5. The standard InChI is InChI=1S/C17H25N3O.HI/c1-5-8-20(4)9-6-19(7-10-20)17(21)18-16-12-14(2)11-15(3)13-16;/h5,11-13H,1,6-10H2,2-4H3;1H. The van der Waals surface area contributed by atoms with Crippen LogP contribution in [-0.4, -0.2) is 55.2 Å². The minimum absolute atomic E-state index is 0. The van der Waals surface area contributed by atoms with Crippen molar-refractivity contribution in [3.05, 3.63) is 42.0 Å². The first kappa shape index (κ1) is 19.0. The van der Waals surface area contributed by atoms with Gasteiger partial charge in [0.2, 0.25) is 0 Å². The van der Waals surface area contributed by atoms with Gasteiger partial charge in [-0.25, -0.2) is 4.79 Å². The number of aryl methyl sites for hydroxylation is 2. The van der Waals surface area contributed by atoms with Crippen LogP contribution in [0.1, 0.15) is 11.1 Å². The molecule has 1 fully saturated rings. The maximum Gasteiger partial charge on any atom is 0.322 e. The van der Waals surface area contributed by atoms with Crippen LogP contribution in [-0.2, 0) is 0 Å². The molecule has 1 aliphatic heterocycles. The van der Waals surface area contributed by atoms with E-state index in [9.17, 15) is 4.79 Å². The molecule has 122 valence electrons. The highest BCUT2D eigenvalue weighted by molar-refractivity contribution is 5.89. The lowest BCUT2D eigenvalue weighted by Gasteiger charge is -2.41. The summed E-state index contributed by atoms with van der Waals surface area (Å²) in [5.74, 6) is 0. The summed E-state index contributed by atoms with van der Waals surface area (Å²) in [6.45, 7) is 12.4. The molecular weight excluding hydrogens is 389 g/mol. The Hall–Kier alpha value is -1.08. The molecule has 0 spiro atoms. The Labute approximate surface area is 150 Å². The molecule has 0 bridgehead atoms. The summed E-state index contributed by atoms with van der Waals surface area (Å²) in [7, 11) is 2.22. The first-order chi connectivity index (χ1) is 9.92. The fraction of sp³-hybridized carbons (Fsp3) is 0.471.